The lowest BCUT2D eigenvalue weighted by molar-refractivity contribution is -0.138. The fraction of sp³-hybridized carbons (Fsp3) is 0.462. The van der Waals surface area contributed by atoms with Crippen molar-refractivity contribution >= 4 is 28.6 Å². The zero-order valence-corrected chi connectivity index (χ0v) is 19.5. The van der Waals surface area contributed by atoms with Gasteiger partial charge in [0.05, 0.1) is 11.7 Å². The van der Waals surface area contributed by atoms with Crippen molar-refractivity contribution in [3.05, 3.63) is 48.8 Å². The predicted octanol–water partition coefficient (Wildman–Crippen LogP) is 5.70. The van der Waals surface area contributed by atoms with E-state index in [1.807, 2.05) is 18.3 Å². The first-order valence-electron chi connectivity index (χ1n) is 11.8. The molecule has 5 nitrogen and oxygen atoms in total. The highest BCUT2D eigenvalue weighted by molar-refractivity contribution is 7.98. The number of ether oxygens (including phenoxy) is 1. The van der Waals surface area contributed by atoms with Crippen molar-refractivity contribution in [3.63, 3.8) is 0 Å². The van der Waals surface area contributed by atoms with E-state index in [0.29, 0.717) is 5.91 Å². The lowest BCUT2D eigenvalue weighted by atomic mass is 9.88. The Balaban J connectivity index is 1.18. The van der Waals surface area contributed by atoms with E-state index in [9.17, 15) is 4.79 Å². The largest absolute Gasteiger partial charge is 0.489 e. The van der Waals surface area contributed by atoms with Gasteiger partial charge in [-0.25, -0.2) is 4.98 Å². The van der Waals surface area contributed by atoms with Crippen LogP contribution in [-0.2, 0) is 4.79 Å². The van der Waals surface area contributed by atoms with E-state index < -0.39 is 0 Å². The van der Waals surface area contributed by atoms with Crippen LogP contribution >= 0.6 is 11.8 Å². The van der Waals surface area contributed by atoms with Gasteiger partial charge >= 0.3 is 0 Å². The second-order valence-corrected chi connectivity index (χ2v) is 9.82. The molecule has 2 aliphatic rings. The summed E-state index contributed by atoms with van der Waals surface area (Å²) in [6.45, 7) is 1.61. The minimum atomic E-state index is 0.149. The van der Waals surface area contributed by atoms with Crippen LogP contribution in [0.25, 0.3) is 16.7 Å². The van der Waals surface area contributed by atoms with Crippen LogP contribution in [-0.4, -0.2) is 45.8 Å². The van der Waals surface area contributed by atoms with Gasteiger partial charge in [0.15, 0.2) is 0 Å². The van der Waals surface area contributed by atoms with Gasteiger partial charge in [-0.15, -0.1) is 11.8 Å². The molecule has 1 aromatic carbocycles. The summed E-state index contributed by atoms with van der Waals surface area (Å²) in [6.07, 6.45) is 13.7. The lowest BCUT2D eigenvalue weighted by Gasteiger charge is -2.35. The topological polar surface area (TPSA) is 47.4 Å². The van der Waals surface area contributed by atoms with Gasteiger partial charge < -0.3 is 14.2 Å². The Bertz CT molecular complexity index is 1060. The molecule has 32 heavy (non-hydrogen) atoms. The Morgan fingerprint density at radius 2 is 1.84 bits per heavy atom. The highest BCUT2D eigenvalue weighted by Gasteiger charge is 2.29. The standard InChI is InChI=1S/C26H31N3O2S/c1-32-23-8-9-24-20(17-23)11-16-29(24)25-10-7-22(18-27-25)31-21-12-14-28(15-13-21)26(30)19-5-3-2-4-6-19/h7-11,16-19,21H,2-6,12-15H2,1H3. The van der Waals surface area contributed by atoms with Crippen LogP contribution in [0, 0.1) is 5.92 Å². The monoisotopic (exact) mass is 449 g/mol. The summed E-state index contributed by atoms with van der Waals surface area (Å²) >= 11 is 1.75. The van der Waals surface area contributed by atoms with Gasteiger partial charge in [0.2, 0.25) is 5.91 Å². The first-order chi connectivity index (χ1) is 15.7. The number of hydrogen-bond donors (Lipinski definition) is 0. The number of carbonyl (C=O) groups is 1. The first kappa shape index (κ1) is 21.4. The van der Waals surface area contributed by atoms with Crippen LogP contribution in [0.4, 0.5) is 0 Å². The molecule has 1 amide bonds. The first-order valence-corrected chi connectivity index (χ1v) is 13.0. The summed E-state index contributed by atoms with van der Waals surface area (Å²) in [4.78, 5) is 20.7. The van der Waals surface area contributed by atoms with E-state index in [-0.39, 0.29) is 12.0 Å². The molecular weight excluding hydrogens is 418 g/mol. The normalized spacial score (nSPS) is 18.2. The molecule has 1 saturated heterocycles. The maximum atomic E-state index is 12.8. The third-order valence-electron chi connectivity index (χ3n) is 6.88. The van der Waals surface area contributed by atoms with Gasteiger partial charge in [0.1, 0.15) is 17.7 Å². The Morgan fingerprint density at radius 1 is 1.03 bits per heavy atom. The minimum absolute atomic E-state index is 0.149. The quantitative estimate of drug-likeness (QED) is 0.469. The van der Waals surface area contributed by atoms with Crippen molar-refractivity contribution < 1.29 is 9.53 Å². The number of pyridine rings is 1. The Morgan fingerprint density at radius 3 is 2.56 bits per heavy atom. The number of thioether (sulfide) groups is 1. The fourth-order valence-corrected chi connectivity index (χ4v) is 5.48. The van der Waals surface area contributed by atoms with Crippen molar-refractivity contribution in [1.29, 1.82) is 0 Å². The molecule has 0 N–H and O–H groups in total. The van der Waals surface area contributed by atoms with Gasteiger partial charge in [-0.1, -0.05) is 19.3 Å². The van der Waals surface area contributed by atoms with Crippen molar-refractivity contribution in [2.24, 2.45) is 5.92 Å². The molecule has 2 fully saturated rings. The molecule has 6 heteroatoms. The van der Waals surface area contributed by atoms with E-state index >= 15 is 0 Å². The van der Waals surface area contributed by atoms with Crippen molar-refractivity contribution in [3.8, 4) is 11.6 Å². The molecule has 1 aliphatic carbocycles. The summed E-state index contributed by atoms with van der Waals surface area (Å²) in [5.41, 5.74) is 1.15. The van der Waals surface area contributed by atoms with Gasteiger partial charge in [0.25, 0.3) is 0 Å². The third-order valence-corrected chi connectivity index (χ3v) is 7.60. The van der Waals surface area contributed by atoms with Crippen LogP contribution in [0.1, 0.15) is 44.9 Å². The van der Waals surface area contributed by atoms with Gasteiger partial charge in [-0.05, 0) is 55.5 Å². The second-order valence-electron chi connectivity index (χ2n) is 8.94. The Hall–Kier alpha value is -2.47. The average molecular weight is 450 g/mol. The maximum absolute atomic E-state index is 12.8. The number of nitrogens with zero attached hydrogens (tertiary/aromatic N) is 3. The molecule has 0 bridgehead atoms. The SMILES string of the molecule is CSc1ccc2c(ccn2-c2ccc(OC3CCN(C(=O)C4CCCCC4)CC3)cn2)c1. The molecule has 3 heterocycles. The number of aromatic nitrogens is 2. The van der Waals surface area contributed by atoms with Crippen LogP contribution in [0.2, 0.25) is 0 Å². The molecule has 0 atom stereocenters. The highest BCUT2D eigenvalue weighted by Crippen LogP contribution is 2.28. The van der Waals surface area contributed by atoms with Crippen LogP contribution in [0.5, 0.6) is 5.75 Å². The second kappa shape index (κ2) is 9.57. The molecule has 2 aromatic heterocycles. The summed E-state index contributed by atoms with van der Waals surface area (Å²) in [5.74, 6) is 2.32. The number of likely N-dealkylation sites (tertiary alicyclic amines) is 1. The van der Waals surface area contributed by atoms with Crippen molar-refractivity contribution in [1.82, 2.24) is 14.5 Å². The number of benzene rings is 1. The van der Waals surface area contributed by atoms with Crippen LogP contribution < -0.4 is 4.74 Å². The molecule has 0 unspecified atom stereocenters. The molecule has 168 valence electrons. The maximum Gasteiger partial charge on any atom is 0.225 e. The Labute approximate surface area is 194 Å². The summed E-state index contributed by atoms with van der Waals surface area (Å²) < 4.78 is 8.32. The number of piperidine rings is 1. The lowest BCUT2D eigenvalue weighted by Crippen LogP contribution is -2.44. The van der Waals surface area contributed by atoms with Crippen molar-refractivity contribution in [2.75, 3.05) is 19.3 Å². The third kappa shape index (κ3) is 4.51. The van der Waals surface area contributed by atoms with E-state index in [1.165, 1.54) is 29.5 Å². The van der Waals surface area contributed by atoms with Crippen LogP contribution in [0.3, 0.4) is 0 Å². The zero-order chi connectivity index (χ0) is 21.9. The average Bonchev–Trinajstić information content (AvgIpc) is 3.28. The van der Waals surface area contributed by atoms with Gasteiger partial charge in [-0.3, -0.25) is 4.79 Å². The molecule has 0 spiro atoms. The van der Waals surface area contributed by atoms with Gasteiger partial charge in [-0.2, -0.15) is 0 Å². The smallest absolute Gasteiger partial charge is 0.225 e. The number of hydrogen-bond acceptors (Lipinski definition) is 4. The summed E-state index contributed by atoms with van der Waals surface area (Å²) in [5, 5.41) is 1.22. The number of amides is 1. The highest BCUT2D eigenvalue weighted by atomic mass is 32.2. The number of rotatable bonds is 5. The molecular formula is C26H31N3O2S. The molecule has 3 aromatic rings. The van der Waals surface area contributed by atoms with Crippen LogP contribution in [0.15, 0.2) is 53.7 Å². The van der Waals surface area contributed by atoms with Gasteiger partial charge in [0, 0.05) is 48.3 Å². The number of carbonyl (C=O) groups excluding carboxylic acids is 1. The fourth-order valence-electron chi connectivity index (χ4n) is 5.03. The zero-order valence-electron chi connectivity index (χ0n) is 18.7. The summed E-state index contributed by atoms with van der Waals surface area (Å²) in [7, 11) is 0. The molecule has 0 radical (unpaired) electrons. The van der Waals surface area contributed by atoms with E-state index in [2.05, 4.69) is 51.2 Å². The van der Waals surface area contributed by atoms with Crippen molar-refractivity contribution in [2.45, 2.75) is 55.9 Å². The molecule has 1 aliphatic heterocycles. The van der Waals surface area contributed by atoms with E-state index in [1.54, 1.807) is 11.8 Å². The minimum Gasteiger partial charge on any atom is -0.489 e. The predicted molar refractivity (Wildman–Crippen MR) is 130 cm³/mol. The van der Waals surface area contributed by atoms with E-state index in [0.717, 1.165) is 55.9 Å². The molecule has 1 saturated carbocycles. The Kier molecular flexibility index (Phi) is 6.39. The van der Waals surface area contributed by atoms with E-state index in [4.69, 9.17) is 4.74 Å². The molecule has 5 rings (SSSR count). The number of fused-ring (bicyclic) bond motifs is 1. The summed E-state index contributed by atoms with van der Waals surface area (Å²) in [6, 6.07) is 12.6.